The van der Waals surface area contributed by atoms with Gasteiger partial charge in [0, 0.05) is 0 Å². The van der Waals surface area contributed by atoms with Gasteiger partial charge in [0.25, 0.3) is 0 Å². The molecule has 1 fully saturated rings. The smallest absolute Gasteiger partial charge is 0.427 e. The molecule has 0 spiro atoms. The van der Waals surface area contributed by atoms with E-state index in [1.54, 1.807) is 0 Å². The summed E-state index contributed by atoms with van der Waals surface area (Å²) >= 11 is 0. The van der Waals surface area contributed by atoms with Gasteiger partial charge in [-0.15, -0.1) is 0 Å². The number of nitrogens with zero attached hydrogens (tertiary/aromatic N) is 1. The normalized spacial score (nSPS) is 19.8. The highest BCUT2D eigenvalue weighted by Gasteiger charge is 2.10. The second kappa shape index (κ2) is 6.41. The van der Waals surface area contributed by atoms with Crippen LogP contribution in [0, 0.1) is 0 Å². The summed E-state index contributed by atoms with van der Waals surface area (Å²) < 4.78 is 0. The van der Waals surface area contributed by atoms with Crippen molar-refractivity contribution in [3.63, 3.8) is 0 Å². The maximum absolute atomic E-state index is 8.67. The molecule has 0 unspecified atom stereocenters. The van der Waals surface area contributed by atoms with Crippen LogP contribution in [-0.4, -0.2) is 41.7 Å². The fourth-order valence-corrected chi connectivity index (χ4v) is 1.86. The lowest BCUT2D eigenvalue weighted by Crippen LogP contribution is -2.26. The third kappa shape index (κ3) is 5.29. The van der Waals surface area contributed by atoms with Gasteiger partial charge in [-0.2, -0.15) is 0 Å². The molecule has 0 aromatic carbocycles. The van der Waals surface area contributed by atoms with Crippen molar-refractivity contribution in [2.45, 2.75) is 38.4 Å². The van der Waals surface area contributed by atoms with E-state index in [4.69, 9.17) is 10.0 Å². The van der Waals surface area contributed by atoms with E-state index in [-0.39, 0.29) is 0 Å². The fourth-order valence-electron chi connectivity index (χ4n) is 1.86. The average Bonchev–Trinajstić information content (AvgIpc) is 2.32. The summed E-state index contributed by atoms with van der Waals surface area (Å²) in [5.74, 6) is 0. The molecule has 0 aliphatic carbocycles. The van der Waals surface area contributed by atoms with Gasteiger partial charge >= 0.3 is 7.12 Å². The van der Waals surface area contributed by atoms with E-state index >= 15 is 0 Å². The van der Waals surface area contributed by atoms with E-state index < -0.39 is 7.12 Å². The van der Waals surface area contributed by atoms with Crippen molar-refractivity contribution in [3.8, 4) is 0 Å². The third-order valence-corrected chi connectivity index (χ3v) is 2.64. The quantitative estimate of drug-likeness (QED) is 0.634. The average molecular weight is 185 g/mol. The molecule has 1 aliphatic heterocycles. The molecule has 1 heterocycles. The third-order valence-electron chi connectivity index (χ3n) is 2.64. The molecular formula is C9H20BNO2. The number of rotatable bonds is 4. The Balaban J connectivity index is 2.05. The van der Waals surface area contributed by atoms with Crippen molar-refractivity contribution in [2.75, 3.05) is 19.6 Å². The molecule has 13 heavy (non-hydrogen) atoms. The minimum Gasteiger partial charge on any atom is -0.427 e. The van der Waals surface area contributed by atoms with Crippen LogP contribution >= 0.6 is 0 Å². The zero-order chi connectivity index (χ0) is 9.52. The largest absolute Gasteiger partial charge is 0.451 e. The van der Waals surface area contributed by atoms with E-state index in [1.165, 1.54) is 38.8 Å². The summed E-state index contributed by atoms with van der Waals surface area (Å²) in [4.78, 5) is 2.44. The Kier molecular flexibility index (Phi) is 5.43. The van der Waals surface area contributed by atoms with Gasteiger partial charge < -0.3 is 14.9 Å². The molecule has 4 heteroatoms. The van der Waals surface area contributed by atoms with Crippen LogP contribution < -0.4 is 0 Å². The second-order valence-electron chi connectivity index (χ2n) is 3.88. The highest BCUT2D eigenvalue weighted by molar-refractivity contribution is 6.40. The molecule has 1 aliphatic rings. The van der Waals surface area contributed by atoms with Gasteiger partial charge in [0.15, 0.2) is 0 Å². The van der Waals surface area contributed by atoms with E-state index in [0.29, 0.717) is 6.32 Å². The van der Waals surface area contributed by atoms with Crippen molar-refractivity contribution < 1.29 is 10.0 Å². The Morgan fingerprint density at radius 3 is 2.15 bits per heavy atom. The second-order valence-corrected chi connectivity index (χ2v) is 3.88. The summed E-state index contributed by atoms with van der Waals surface area (Å²) in [6.45, 7) is 3.42. The van der Waals surface area contributed by atoms with Gasteiger partial charge in [-0.3, -0.25) is 0 Å². The molecule has 0 atom stereocenters. The zero-order valence-corrected chi connectivity index (χ0v) is 8.28. The molecular weight excluding hydrogens is 165 g/mol. The molecule has 3 nitrogen and oxygen atoms in total. The van der Waals surface area contributed by atoms with Crippen LogP contribution in [0.2, 0.25) is 6.32 Å². The lowest BCUT2D eigenvalue weighted by Gasteiger charge is -2.19. The molecule has 1 saturated heterocycles. The van der Waals surface area contributed by atoms with Gasteiger partial charge in [-0.25, -0.2) is 0 Å². The number of likely N-dealkylation sites (tertiary alicyclic amines) is 1. The Morgan fingerprint density at radius 2 is 1.62 bits per heavy atom. The Labute approximate surface area is 80.9 Å². The van der Waals surface area contributed by atoms with Gasteiger partial charge in [0.05, 0.1) is 0 Å². The lowest BCUT2D eigenvalue weighted by molar-refractivity contribution is 0.282. The van der Waals surface area contributed by atoms with Gasteiger partial charge in [-0.1, -0.05) is 12.8 Å². The predicted molar refractivity (Wildman–Crippen MR) is 54.5 cm³/mol. The number of hydrogen-bond acceptors (Lipinski definition) is 3. The summed E-state index contributed by atoms with van der Waals surface area (Å²) in [6, 6.07) is 0. The maximum atomic E-state index is 8.67. The first-order valence-electron chi connectivity index (χ1n) is 5.37. The topological polar surface area (TPSA) is 43.7 Å². The van der Waals surface area contributed by atoms with Gasteiger partial charge in [-0.05, 0) is 45.2 Å². The van der Waals surface area contributed by atoms with E-state index in [1.807, 2.05) is 0 Å². The van der Waals surface area contributed by atoms with Crippen molar-refractivity contribution in [3.05, 3.63) is 0 Å². The molecule has 0 bridgehead atoms. The standard InChI is InChI=1S/C9H20BNO2/c12-10(13)6-5-9-11-7-3-1-2-4-8-11/h12-13H,1-9H2. The lowest BCUT2D eigenvalue weighted by atomic mass is 9.84. The van der Waals surface area contributed by atoms with Crippen LogP contribution in [0.1, 0.15) is 32.1 Å². The minimum atomic E-state index is -1.12. The summed E-state index contributed by atoms with van der Waals surface area (Å²) in [5.41, 5.74) is 0. The van der Waals surface area contributed by atoms with Crippen molar-refractivity contribution >= 4 is 7.12 Å². The van der Waals surface area contributed by atoms with E-state index in [2.05, 4.69) is 4.90 Å². The summed E-state index contributed by atoms with van der Waals surface area (Å²) in [5, 5.41) is 17.3. The van der Waals surface area contributed by atoms with E-state index in [9.17, 15) is 0 Å². The van der Waals surface area contributed by atoms with Crippen molar-refractivity contribution in [1.29, 1.82) is 0 Å². The first kappa shape index (κ1) is 11.0. The molecule has 0 aromatic heterocycles. The van der Waals surface area contributed by atoms with Crippen molar-refractivity contribution in [2.24, 2.45) is 0 Å². The zero-order valence-electron chi connectivity index (χ0n) is 8.28. The molecule has 76 valence electrons. The van der Waals surface area contributed by atoms with Gasteiger partial charge in [0.1, 0.15) is 0 Å². The molecule has 0 amide bonds. The van der Waals surface area contributed by atoms with Crippen LogP contribution in [0.3, 0.4) is 0 Å². The van der Waals surface area contributed by atoms with Crippen LogP contribution in [0.15, 0.2) is 0 Å². The molecule has 0 aromatic rings. The predicted octanol–water partition coefficient (Wildman–Crippen LogP) is 0.725. The van der Waals surface area contributed by atoms with Crippen LogP contribution in [-0.2, 0) is 0 Å². The monoisotopic (exact) mass is 185 g/mol. The fraction of sp³-hybridized carbons (Fsp3) is 1.00. The highest BCUT2D eigenvalue weighted by atomic mass is 16.4. The first-order valence-corrected chi connectivity index (χ1v) is 5.37. The van der Waals surface area contributed by atoms with Crippen LogP contribution in [0.25, 0.3) is 0 Å². The molecule has 0 radical (unpaired) electrons. The van der Waals surface area contributed by atoms with Crippen LogP contribution in [0.5, 0.6) is 0 Å². The summed E-state index contributed by atoms with van der Waals surface area (Å²) in [6.07, 6.45) is 6.75. The Bertz CT molecular complexity index is 125. The first-order chi connectivity index (χ1) is 6.29. The Morgan fingerprint density at radius 1 is 1.00 bits per heavy atom. The highest BCUT2D eigenvalue weighted by Crippen LogP contribution is 2.10. The molecule has 1 rings (SSSR count). The van der Waals surface area contributed by atoms with E-state index in [0.717, 1.165) is 13.0 Å². The molecule has 0 saturated carbocycles. The molecule has 2 N–H and O–H groups in total. The number of hydrogen-bond donors (Lipinski definition) is 2. The maximum Gasteiger partial charge on any atom is 0.451 e. The SMILES string of the molecule is OB(O)CCCN1CCCCCC1. The van der Waals surface area contributed by atoms with Gasteiger partial charge in [0.2, 0.25) is 0 Å². The van der Waals surface area contributed by atoms with Crippen LogP contribution in [0.4, 0.5) is 0 Å². The summed E-state index contributed by atoms with van der Waals surface area (Å²) in [7, 11) is -1.12. The minimum absolute atomic E-state index is 0.510. The van der Waals surface area contributed by atoms with Crippen molar-refractivity contribution in [1.82, 2.24) is 4.90 Å². The Hall–Kier alpha value is -0.0551.